The van der Waals surface area contributed by atoms with E-state index in [1.165, 1.54) is 19.3 Å². The average molecular weight is 239 g/mol. The number of nitrogens with zero attached hydrogens (tertiary/aromatic N) is 1. The number of hydrogen-bond acceptors (Lipinski definition) is 2. The van der Waals surface area contributed by atoms with Gasteiger partial charge in [-0.2, -0.15) is 0 Å². The van der Waals surface area contributed by atoms with Crippen molar-refractivity contribution in [3.63, 3.8) is 0 Å². The summed E-state index contributed by atoms with van der Waals surface area (Å²) in [4.78, 5) is 14.1. The average Bonchev–Trinajstić information content (AvgIpc) is 2.61. The van der Waals surface area contributed by atoms with Crippen LogP contribution in [0.2, 0.25) is 0 Å². The van der Waals surface area contributed by atoms with Gasteiger partial charge >= 0.3 is 6.03 Å². The third-order valence-electron chi connectivity index (χ3n) is 3.87. The molecule has 4 nitrogen and oxygen atoms in total. The normalized spacial score (nSPS) is 24.1. The SMILES string of the molecule is CC(C)(C)NC(=O)N1CCC2(CCNCC2)C1. The Balaban J connectivity index is 1.91. The zero-order chi connectivity index (χ0) is 12.5. The van der Waals surface area contributed by atoms with Crippen LogP contribution in [0.15, 0.2) is 0 Å². The Morgan fingerprint density at radius 2 is 1.88 bits per heavy atom. The molecule has 0 radical (unpaired) electrons. The third kappa shape index (κ3) is 3.12. The van der Waals surface area contributed by atoms with Crippen molar-refractivity contribution in [2.75, 3.05) is 26.2 Å². The molecule has 2 fully saturated rings. The predicted octanol–water partition coefficient (Wildman–Crippen LogP) is 1.57. The van der Waals surface area contributed by atoms with Gasteiger partial charge in [0.15, 0.2) is 0 Å². The highest BCUT2D eigenvalue weighted by Gasteiger charge is 2.40. The largest absolute Gasteiger partial charge is 0.333 e. The van der Waals surface area contributed by atoms with Gasteiger partial charge in [0, 0.05) is 18.6 Å². The molecule has 0 aromatic heterocycles. The van der Waals surface area contributed by atoms with Gasteiger partial charge in [0.05, 0.1) is 0 Å². The second-order valence-corrected chi connectivity index (χ2v) is 6.60. The molecule has 2 saturated heterocycles. The van der Waals surface area contributed by atoms with Crippen molar-refractivity contribution in [1.82, 2.24) is 15.5 Å². The molecule has 2 aliphatic heterocycles. The highest BCUT2D eigenvalue weighted by Crippen LogP contribution is 2.38. The molecule has 17 heavy (non-hydrogen) atoms. The highest BCUT2D eigenvalue weighted by molar-refractivity contribution is 5.75. The molecule has 0 saturated carbocycles. The number of carbonyl (C=O) groups is 1. The Bertz CT molecular complexity index is 290. The lowest BCUT2D eigenvalue weighted by atomic mass is 9.78. The van der Waals surface area contributed by atoms with E-state index < -0.39 is 0 Å². The molecule has 0 atom stereocenters. The van der Waals surface area contributed by atoms with Gasteiger partial charge in [-0.15, -0.1) is 0 Å². The molecule has 0 aromatic rings. The molecule has 4 heteroatoms. The monoisotopic (exact) mass is 239 g/mol. The van der Waals surface area contributed by atoms with Crippen molar-refractivity contribution in [1.29, 1.82) is 0 Å². The lowest BCUT2D eigenvalue weighted by Crippen LogP contribution is -2.48. The van der Waals surface area contributed by atoms with Crippen LogP contribution in [0.1, 0.15) is 40.0 Å². The van der Waals surface area contributed by atoms with Crippen LogP contribution in [0.5, 0.6) is 0 Å². The van der Waals surface area contributed by atoms with Gasteiger partial charge < -0.3 is 15.5 Å². The molecular formula is C13H25N3O. The van der Waals surface area contributed by atoms with Crippen LogP contribution in [0.3, 0.4) is 0 Å². The molecule has 2 N–H and O–H groups in total. The smallest absolute Gasteiger partial charge is 0.317 e. The molecule has 0 unspecified atom stereocenters. The maximum Gasteiger partial charge on any atom is 0.317 e. The van der Waals surface area contributed by atoms with Crippen molar-refractivity contribution in [3.8, 4) is 0 Å². The highest BCUT2D eigenvalue weighted by atomic mass is 16.2. The van der Waals surface area contributed by atoms with Crippen molar-refractivity contribution in [2.24, 2.45) is 5.41 Å². The Morgan fingerprint density at radius 3 is 2.47 bits per heavy atom. The van der Waals surface area contributed by atoms with E-state index in [0.717, 1.165) is 26.2 Å². The number of carbonyl (C=O) groups excluding carboxylic acids is 1. The minimum atomic E-state index is -0.138. The number of piperidine rings is 1. The van der Waals surface area contributed by atoms with Crippen LogP contribution in [0.25, 0.3) is 0 Å². The Labute approximate surface area is 104 Å². The Kier molecular flexibility index (Phi) is 3.34. The molecule has 2 rings (SSSR count). The summed E-state index contributed by atoms with van der Waals surface area (Å²) in [6.07, 6.45) is 3.60. The molecule has 2 aliphatic rings. The summed E-state index contributed by atoms with van der Waals surface area (Å²) in [5.41, 5.74) is 0.265. The van der Waals surface area contributed by atoms with Crippen LogP contribution in [-0.2, 0) is 0 Å². The Morgan fingerprint density at radius 1 is 1.24 bits per heavy atom. The van der Waals surface area contributed by atoms with Crippen LogP contribution >= 0.6 is 0 Å². The molecule has 0 aromatic carbocycles. The standard InChI is InChI=1S/C13H25N3O/c1-12(2,3)15-11(17)16-9-6-13(10-16)4-7-14-8-5-13/h14H,4-10H2,1-3H3,(H,15,17). The first kappa shape index (κ1) is 12.7. The first-order chi connectivity index (χ1) is 7.90. The fraction of sp³-hybridized carbons (Fsp3) is 0.923. The minimum absolute atomic E-state index is 0.105. The van der Waals surface area contributed by atoms with Gasteiger partial charge in [0.25, 0.3) is 0 Å². The van der Waals surface area contributed by atoms with Gasteiger partial charge in [-0.3, -0.25) is 0 Å². The van der Waals surface area contributed by atoms with Gasteiger partial charge in [-0.25, -0.2) is 4.79 Å². The van der Waals surface area contributed by atoms with Crippen LogP contribution in [0, 0.1) is 5.41 Å². The van der Waals surface area contributed by atoms with E-state index in [0.29, 0.717) is 5.41 Å². The number of rotatable bonds is 0. The quantitative estimate of drug-likeness (QED) is 0.674. The van der Waals surface area contributed by atoms with Crippen molar-refractivity contribution in [3.05, 3.63) is 0 Å². The molecule has 1 spiro atoms. The summed E-state index contributed by atoms with van der Waals surface area (Å²) < 4.78 is 0. The van der Waals surface area contributed by atoms with Gasteiger partial charge in [0.2, 0.25) is 0 Å². The molecule has 2 amide bonds. The number of amides is 2. The van der Waals surface area contributed by atoms with Crippen molar-refractivity contribution < 1.29 is 4.79 Å². The third-order valence-corrected chi connectivity index (χ3v) is 3.87. The van der Waals surface area contributed by atoms with Crippen LogP contribution in [0.4, 0.5) is 4.79 Å². The first-order valence-corrected chi connectivity index (χ1v) is 6.68. The van der Waals surface area contributed by atoms with Gasteiger partial charge in [-0.05, 0) is 58.5 Å². The second-order valence-electron chi connectivity index (χ2n) is 6.60. The topological polar surface area (TPSA) is 44.4 Å². The van der Waals surface area contributed by atoms with Crippen molar-refractivity contribution in [2.45, 2.75) is 45.6 Å². The van der Waals surface area contributed by atoms with E-state index in [1.807, 2.05) is 25.7 Å². The maximum absolute atomic E-state index is 12.1. The van der Waals surface area contributed by atoms with E-state index in [-0.39, 0.29) is 11.6 Å². The summed E-state index contributed by atoms with van der Waals surface area (Å²) in [6, 6.07) is 0.105. The first-order valence-electron chi connectivity index (χ1n) is 6.68. The van der Waals surface area contributed by atoms with E-state index in [4.69, 9.17) is 0 Å². The summed E-state index contributed by atoms with van der Waals surface area (Å²) >= 11 is 0. The maximum atomic E-state index is 12.1. The predicted molar refractivity (Wildman–Crippen MR) is 69.0 cm³/mol. The van der Waals surface area contributed by atoms with E-state index in [9.17, 15) is 4.79 Å². The molecule has 0 aliphatic carbocycles. The second kappa shape index (κ2) is 4.48. The van der Waals surface area contributed by atoms with Gasteiger partial charge in [0.1, 0.15) is 0 Å². The summed E-state index contributed by atoms with van der Waals surface area (Å²) in [5, 5.41) is 6.45. The summed E-state index contributed by atoms with van der Waals surface area (Å²) in [5.74, 6) is 0. The number of likely N-dealkylation sites (tertiary alicyclic amines) is 1. The molecule has 0 bridgehead atoms. The van der Waals surface area contributed by atoms with Gasteiger partial charge in [-0.1, -0.05) is 0 Å². The van der Waals surface area contributed by atoms with E-state index in [1.54, 1.807) is 0 Å². The molecule has 2 heterocycles. The number of urea groups is 1. The van der Waals surface area contributed by atoms with Crippen molar-refractivity contribution >= 4 is 6.03 Å². The number of nitrogens with one attached hydrogen (secondary N) is 2. The summed E-state index contributed by atoms with van der Waals surface area (Å²) in [7, 11) is 0. The lowest BCUT2D eigenvalue weighted by molar-refractivity contribution is 0.177. The zero-order valence-corrected chi connectivity index (χ0v) is 11.3. The Hall–Kier alpha value is -0.770. The molecular weight excluding hydrogens is 214 g/mol. The zero-order valence-electron chi connectivity index (χ0n) is 11.3. The summed E-state index contributed by atoms with van der Waals surface area (Å²) in [6.45, 7) is 10.2. The van der Waals surface area contributed by atoms with Crippen LogP contribution < -0.4 is 10.6 Å². The van der Waals surface area contributed by atoms with Crippen LogP contribution in [-0.4, -0.2) is 42.6 Å². The molecule has 98 valence electrons. The minimum Gasteiger partial charge on any atom is -0.333 e. The fourth-order valence-corrected chi connectivity index (χ4v) is 2.87. The fourth-order valence-electron chi connectivity index (χ4n) is 2.87. The van der Waals surface area contributed by atoms with E-state index in [2.05, 4.69) is 10.6 Å². The lowest BCUT2D eigenvalue weighted by Gasteiger charge is -2.34. The number of hydrogen-bond donors (Lipinski definition) is 2. The van der Waals surface area contributed by atoms with E-state index >= 15 is 0 Å².